The molecule has 1 saturated carbocycles. The molecule has 8 heteroatoms. The van der Waals surface area contributed by atoms with Crippen LogP contribution in [0.15, 0.2) is 36.5 Å². The van der Waals surface area contributed by atoms with Crippen molar-refractivity contribution in [2.24, 2.45) is 0 Å². The van der Waals surface area contributed by atoms with Crippen LogP contribution in [-0.2, 0) is 0 Å². The maximum atomic E-state index is 13.9. The van der Waals surface area contributed by atoms with Crippen molar-refractivity contribution in [2.45, 2.75) is 31.3 Å². The van der Waals surface area contributed by atoms with E-state index in [1.54, 1.807) is 18.2 Å². The maximum absolute atomic E-state index is 13.9. The predicted molar refractivity (Wildman–Crippen MR) is 96.4 cm³/mol. The largest absolute Gasteiger partial charge is 0.491 e. The number of amides is 1. The average molecular weight is 367 g/mol. The second-order valence-electron chi connectivity index (χ2n) is 7.20. The van der Waals surface area contributed by atoms with Crippen molar-refractivity contribution in [1.29, 1.82) is 0 Å². The van der Waals surface area contributed by atoms with E-state index in [9.17, 15) is 9.18 Å². The number of nitrogens with one attached hydrogen (secondary N) is 2. The molecular weight excluding hydrogens is 349 g/mol. The van der Waals surface area contributed by atoms with Gasteiger partial charge in [-0.25, -0.2) is 13.9 Å². The molecule has 0 unspecified atom stereocenters. The van der Waals surface area contributed by atoms with Crippen molar-refractivity contribution in [2.75, 3.05) is 11.9 Å². The first-order chi connectivity index (χ1) is 13.0. The number of benzene rings is 1. The second-order valence-corrected chi connectivity index (χ2v) is 7.20. The summed E-state index contributed by atoms with van der Waals surface area (Å²) in [5, 5.41) is 10.8. The van der Waals surface area contributed by atoms with Crippen LogP contribution in [0.5, 0.6) is 5.75 Å². The van der Waals surface area contributed by atoms with Crippen molar-refractivity contribution in [3.63, 3.8) is 0 Å². The minimum atomic E-state index is -0.408. The maximum Gasteiger partial charge on any atom is 0.272 e. The molecule has 1 fully saturated rings. The molecule has 1 spiro atoms. The Hall–Kier alpha value is -3.16. The molecule has 7 nitrogen and oxygen atoms in total. The lowest BCUT2D eigenvalue weighted by Gasteiger charge is -2.21. The molecule has 3 heterocycles. The van der Waals surface area contributed by atoms with Gasteiger partial charge in [0, 0.05) is 5.56 Å². The molecule has 1 aliphatic heterocycles. The lowest BCUT2D eigenvalue weighted by Crippen LogP contribution is -2.41. The molecule has 138 valence electrons. The fourth-order valence-corrected chi connectivity index (χ4v) is 3.37. The normalized spacial score (nSPS) is 20.7. The van der Waals surface area contributed by atoms with Gasteiger partial charge in [0.15, 0.2) is 11.3 Å². The predicted octanol–water partition coefficient (Wildman–Crippen LogP) is 2.70. The van der Waals surface area contributed by atoms with Gasteiger partial charge in [0.1, 0.15) is 24.0 Å². The quantitative estimate of drug-likeness (QED) is 0.639. The number of carbonyl (C=O) groups is 1. The van der Waals surface area contributed by atoms with Gasteiger partial charge in [-0.3, -0.25) is 4.79 Å². The van der Waals surface area contributed by atoms with E-state index in [1.165, 1.54) is 22.8 Å². The summed E-state index contributed by atoms with van der Waals surface area (Å²) in [5.41, 5.74) is 1.25. The molecule has 2 bridgehead atoms. The highest BCUT2D eigenvalue weighted by Gasteiger charge is 2.45. The Morgan fingerprint density at radius 1 is 1.30 bits per heavy atom. The zero-order valence-electron chi connectivity index (χ0n) is 14.7. The van der Waals surface area contributed by atoms with E-state index < -0.39 is 5.54 Å². The van der Waals surface area contributed by atoms with Gasteiger partial charge < -0.3 is 15.4 Å². The number of aromatic nitrogens is 3. The van der Waals surface area contributed by atoms with E-state index in [-0.39, 0.29) is 17.8 Å². The lowest BCUT2D eigenvalue weighted by atomic mass is 10.1. The number of fused-ring (bicyclic) bond motifs is 2. The number of anilines is 1. The van der Waals surface area contributed by atoms with E-state index >= 15 is 0 Å². The van der Waals surface area contributed by atoms with Gasteiger partial charge in [-0.15, -0.1) is 5.10 Å². The fourth-order valence-electron chi connectivity index (χ4n) is 3.37. The molecule has 3 aromatic rings. The Bertz CT molecular complexity index is 1060. The van der Waals surface area contributed by atoms with Crippen LogP contribution in [0, 0.1) is 5.82 Å². The Morgan fingerprint density at radius 3 is 2.96 bits per heavy atom. The van der Waals surface area contributed by atoms with Crippen LogP contribution in [-0.4, -0.2) is 32.7 Å². The van der Waals surface area contributed by atoms with E-state index in [2.05, 4.69) is 20.7 Å². The summed E-state index contributed by atoms with van der Waals surface area (Å²) in [4.78, 5) is 17.0. The highest BCUT2D eigenvalue weighted by atomic mass is 19.1. The molecule has 2 N–H and O–H groups in total. The van der Waals surface area contributed by atoms with Crippen molar-refractivity contribution in [3.05, 3.63) is 53.6 Å². The van der Waals surface area contributed by atoms with Gasteiger partial charge in [0.25, 0.3) is 5.91 Å². The summed E-state index contributed by atoms with van der Waals surface area (Å²) < 4.78 is 21.4. The first-order valence-corrected chi connectivity index (χ1v) is 8.89. The highest BCUT2D eigenvalue weighted by Crippen LogP contribution is 2.38. The van der Waals surface area contributed by atoms with Gasteiger partial charge in [0.2, 0.25) is 0 Å². The monoisotopic (exact) mass is 367 g/mol. The molecule has 1 aromatic carbocycles. The van der Waals surface area contributed by atoms with Gasteiger partial charge >= 0.3 is 0 Å². The third kappa shape index (κ3) is 2.77. The Balaban J connectivity index is 1.63. The number of rotatable bonds is 0. The van der Waals surface area contributed by atoms with Crippen molar-refractivity contribution in [3.8, 4) is 5.75 Å². The minimum Gasteiger partial charge on any atom is -0.491 e. The number of carbonyl (C=O) groups excluding carboxylic acids is 1. The average Bonchev–Trinajstić information content (AvgIpc) is 3.27. The third-order valence-electron chi connectivity index (χ3n) is 5.13. The number of nitrogens with zero attached hydrogens (tertiary/aromatic N) is 3. The lowest BCUT2D eigenvalue weighted by molar-refractivity contribution is 0.0905. The Kier molecular flexibility index (Phi) is 3.37. The molecule has 1 atom stereocenters. The molecule has 1 aliphatic carbocycles. The number of hydrogen-bond acceptors (Lipinski definition) is 5. The van der Waals surface area contributed by atoms with E-state index in [0.717, 1.165) is 12.8 Å². The molecule has 27 heavy (non-hydrogen) atoms. The van der Waals surface area contributed by atoms with Crippen LogP contribution >= 0.6 is 0 Å². The van der Waals surface area contributed by atoms with Crippen LogP contribution < -0.4 is 15.4 Å². The van der Waals surface area contributed by atoms with Crippen LogP contribution in [0.25, 0.3) is 5.65 Å². The van der Waals surface area contributed by atoms with E-state index in [4.69, 9.17) is 4.74 Å². The van der Waals surface area contributed by atoms with Crippen molar-refractivity contribution in [1.82, 2.24) is 19.9 Å². The van der Waals surface area contributed by atoms with Crippen LogP contribution in [0.2, 0.25) is 0 Å². The third-order valence-corrected chi connectivity index (χ3v) is 5.13. The molecule has 1 amide bonds. The van der Waals surface area contributed by atoms with Gasteiger partial charge in [0.05, 0.1) is 17.8 Å². The Morgan fingerprint density at radius 2 is 2.15 bits per heavy atom. The van der Waals surface area contributed by atoms with Crippen LogP contribution in [0.3, 0.4) is 0 Å². The van der Waals surface area contributed by atoms with Gasteiger partial charge in [-0.1, -0.05) is 0 Å². The number of ether oxygens (including phenoxy) is 1. The first kappa shape index (κ1) is 16.0. The van der Waals surface area contributed by atoms with Crippen molar-refractivity contribution >= 4 is 17.4 Å². The van der Waals surface area contributed by atoms with Gasteiger partial charge in [-0.2, -0.15) is 0 Å². The number of imidazole rings is 1. The number of halogens is 1. The molecule has 2 aliphatic rings. The standard InChI is InChI=1S/C19H18FN5O2/c1-11-13-8-12(20)2-3-15(13)27-10-19(6-7-19)23-18(26)14-9-21-17-5-4-16(22-11)24-25(14)17/h2-5,8-9,11H,6-7,10H2,1H3,(H,22,24)(H,23,26)/t11-/m1/s1. The van der Waals surface area contributed by atoms with Gasteiger partial charge in [-0.05, 0) is 50.1 Å². The van der Waals surface area contributed by atoms with E-state index in [0.29, 0.717) is 35.1 Å². The molecular formula is C19H18FN5O2. The Labute approximate surface area is 154 Å². The van der Waals surface area contributed by atoms with Crippen LogP contribution in [0.4, 0.5) is 10.2 Å². The van der Waals surface area contributed by atoms with E-state index in [1.807, 2.05) is 6.92 Å². The summed E-state index contributed by atoms with van der Waals surface area (Å²) >= 11 is 0. The summed E-state index contributed by atoms with van der Waals surface area (Å²) in [6.07, 6.45) is 3.18. The molecule has 0 saturated heterocycles. The topological polar surface area (TPSA) is 80.5 Å². The summed E-state index contributed by atoms with van der Waals surface area (Å²) in [6.45, 7) is 2.25. The molecule has 5 rings (SSSR count). The smallest absolute Gasteiger partial charge is 0.272 e. The molecule has 2 aromatic heterocycles. The molecule has 0 radical (unpaired) electrons. The highest BCUT2D eigenvalue weighted by molar-refractivity contribution is 5.94. The zero-order valence-corrected chi connectivity index (χ0v) is 14.7. The SMILES string of the molecule is C[C@H]1Nc2ccc3ncc(n3n2)C(=O)NC2(CC2)COc2ccc(F)cc21. The minimum absolute atomic E-state index is 0.236. The first-order valence-electron chi connectivity index (χ1n) is 8.89. The van der Waals surface area contributed by atoms with Crippen LogP contribution in [0.1, 0.15) is 41.9 Å². The zero-order chi connectivity index (χ0) is 18.6. The summed E-state index contributed by atoms with van der Waals surface area (Å²) in [5.74, 6) is 0.584. The fraction of sp³-hybridized carbons (Fsp3) is 0.316. The summed E-state index contributed by atoms with van der Waals surface area (Å²) in [6, 6.07) is 7.79. The number of hydrogen-bond donors (Lipinski definition) is 2. The van der Waals surface area contributed by atoms with Crippen molar-refractivity contribution < 1.29 is 13.9 Å². The second kappa shape index (κ2) is 5.67. The summed E-state index contributed by atoms with van der Waals surface area (Å²) in [7, 11) is 0.